The van der Waals surface area contributed by atoms with Crippen molar-refractivity contribution in [2.24, 2.45) is 5.84 Å². The van der Waals surface area contributed by atoms with Gasteiger partial charge in [0.15, 0.2) is 0 Å². The first-order valence-electron chi connectivity index (χ1n) is 8.83. The molecule has 2 rings (SSSR count). The minimum atomic E-state index is -0.275. The van der Waals surface area contributed by atoms with E-state index in [4.69, 9.17) is 10.6 Å². The lowest BCUT2D eigenvalue weighted by atomic mass is 9.78. The van der Waals surface area contributed by atoms with Gasteiger partial charge in [0.1, 0.15) is 11.8 Å². The predicted molar refractivity (Wildman–Crippen MR) is 98.2 cm³/mol. The van der Waals surface area contributed by atoms with Crippen molar-refractivity contribution in [3.05, 3.63) is 23.8 Å². The van der Waals surface area contributed by atoms with Crippen LogP contribution >= 0.6 is 0 Å². The van der Waals surface area contributed by atoms with E-state index >= 15 is 0 Å². The van der Waals surface area contributed by atoms with E-state index in [1.807, 2.05) is 6.07 Å². The zero-order valence-electron chi connectivity index (χ0n) is 15.6. The van der Waals surface area contributed by atoms with Crippen LogP contribution in [0.15, 0.2) is 18.2 Å². The number of carbonyl (C=O) groups excluding carboxylic acids is 1. The Morgan fingerprint density at radius 3 is 2.79 bits per heavy atom. The number of ether oxygens (including phenoxy) is 1. The molecule has 0 saturated heterocycles. The van der Waals surface area contributed by atoms with Crippen molar-refractivity contribution in [2.75, 3.05) is 12.0 Å². The van der Waals surface area contributed by atoms with E-state index in [0.29, 0.717) is 5.92 Å². The van der Waals surface area contributed by atoms with Gasteiger partial charge in [-0.2, -0.15) is 0 Å². The van der Waals surface area contributed by atoms with Crippen molar-refractivity contribution >= 4 is 11.6 Å². The fourth-order valence-corrected chi connectivity index (χ4v) is 4.02. The van der Waals surface area contributed by atoms with Crippen molar-refractivity contribution in [2.45, 2.75) is 70.9 Å². The van der Waals surface area contributed by atoms with Gasteiger partial charge in [0.2, 0.25) is 0 Å². The number of nitrogens with one attached hydrogen (secondary N) is 1. The zero-order chi connectivity index (χ0) is 17.9. The number of unbranched alkanes of at least 4 members (excludes halogenated alkanes) is 1. The van der Waals surface area contributed by atoms with Crippen molar-refractivity contribution in [1.29, 1.82) is 0 Å². The lowest BCUT2D eigenvalue weighted by molar-refractivity contribution is -0.123. The lowest BCUT2D eigenvalue weighted by Crippen LogP contribution is -2.59. The highest BCUT2D eigenvalue weighted by Gasteiger charge is 2.42. The third-order valence-corrected chi connectivity index (χ3v) is 5.07. The molecule has 134 valence electrons. The first kappa shape index (κ1) is 18.6. The standard InChI is InChI=1S/C19H31N3O2/c1-6-7-8-16(18(23)21-20)22-17-11-14(24-5)9-10-15(17)13(2)12-19(22,3)4/h9-11,13,16H,6-8,12,20H2,1-5H3,(H,21,23)/t13-,16+/m1/s1. The quantitative estimate of drug-likeness (QED) is 0.476. The van der Waals surface area contributed by atoms with E-state index in [1.54, 1.807) is 7.11 Å². The fourth-order valence-electron chi connectivity index (χ4n) is 4.02. The summed E-state index contributed by atoms with van der Waals surface area (Å²) in [6, 6.07) is 5.90. The summed E-state index contributed by atoms with van der Waals surface area (Å²) < 4.78 is 5.43. The van der Waals surface area contributed by atoms with Gasteiger partial charge in [-0.3, -0.25) is 10.2 Å². The molecule has 0 bridgehead atoms. The Morgan fingerprint density at radius 2 is 2.21 bits per heavy atom. The van der Waals surface area contributed by atoms with Gasteiger partial charge in [0.05, 0.1) is 7.11 Å². The van der Waals surface area contributed by atoms with Gasteiger partial charge in [0.25, 0.3) is 5.91 Å². The molecule has 1 amide bonds. The maximum atomic E-state index is 12.5. The van der Waals surface area contributed by atoms with Gasteiger partial charge in [0, 0.05) is 17.3 Å². The highest BCUT2D eigenvalue weighted by atomic mass is 16.5. The van der Waals surface area contributed by atoms with Crippen LogP contribution in [-0.2, 0) is 4.79 Å². The highest BCUT2D eigenvalue weighted by Crippen LogP contribution is 2.46. The van der Waals surface area contributed by atoms with Gasteiger partial charge in [-0.15, -0.1) is 0 Å². The molecule has 2 atom stereocenters. The number of methoxy groups -OCH3 is 1. The molecule has 0 spiro atoms. The second kappa shape index (κ2) is 7.43. The van der Waals surface area contributed by atoms with Crippen LogP contribution in [-0.4, -0.2) is 24.6 Å². The maximum Gasteiger partial charge on any atom is 0.256 e. The number of amides is 1. The Morgan fingerprint density at radius 1 is 1.50 bits per heavy atom. The monoisotopic (exact) mass is 333 g/mol. The number of nitrogens with zero attached hydrogens (tertiary/aromatic N) is 1. The number of anilines is 1. The molecule has 24 heavy (non-hydrogen) atoms. The van der Waals surface area contributed by atoms with Crippen molar-refractivity contribution in [3.63, 3.8) is 0 Å². The largest absolute Gasteiger partial charge is 0.497 e. The summed E-state index contributed by atoms with van der Waals surface area (Å²) in [4.78, 5) is 14.8. The molecule has 1 aliphatic heterocycles. The second-order valence-electron chi connectivity index (χ2n) is 7.38. The van der Waals surface area contributed by atoms with Gasteiger partial charge in [-0.25, -0.2) is 5.84 Å². The van der Waals surface area contributed by atoms with Crippen LogP contribution in [0.3, 0.4) is 0 Å². The topological polar surface area (TPSA) is 67.6 Å². The summed E-state index contributed by atoms with van der Waals surface area (Å²) in [5, 5.41) is 0. The smallest absolute Gasteiger partial charge is 0.256 e. The molecule has 1 aromatic rings. The summed E-state index contributed by atoms with van der Waals surface area (Å²) in [6.45, 7) is 8.79. The number of hydrogen-bond donors (Lipinski definition) is 2. The average molecular weight is 333 g/mol. The second-order valence-corrected chi connectivity index (χ2v) is 7.38. The van der Waals surface area contributed by atoms with E-state index in [2.05, 4.69) is 50.2 Å². The van der Waals surface area contributed by atoms with Crippen molar-refractivity contribution in [3.8, 4) is 5.75 Å². The van der Waals surface area contributed by atoms with E-state index in [0.717, 1.165) is 37.1 Å². The van der Waals surface area contributed by atoms with E-state index in [1.165, 1.54) is 5.56 Å². The molecule has 0 aromatic heterocycles. The van der Waals surface area contributed by atoms with Crippen molar-refractivity contribution in [1.82, 2.24) is 5.43 Å². The molecule has 5 heteroatoms. The van der Waals surface area contributed by atoms with Crippen LogP contribution in [0.4, 0.5) is 5.69 Å². The number of nitrogens with two attached hydrogens (primary N) is 1. The number of hydrazine groups is 1. The average Bonchev–Trinajstić information content (AvgIpc) is 2.55. The summed E-state index contributed by atoms with van der Waals surface area (Å²) in [6.07, 6.45) is 3.81. The third kappa shape index (κ3) is 3.51. The molecular weight excluding hydrogens is 302 g/mol. The van der Waals surface area contributed by atoms with E-state index in [9.17, 15) is 4.79 Å². The summed E-state index contributed by atoms with van der Waals surface area (Å²) in [5.74, 6) is 6.61. The van der Waals surface area contributed by atoms with Gasteiger partial charge < -0.3 is 9.64 Å². The maximum absolute atomic E-state index is 12.5. The minimum absolute atomic E-state index is 0.125. The SMILES string of the molecule is CCCC[C@@H](C(=O)NN)N1c2cc(OC)ccc2[C@H](C)CC1(C)C. The Labute approximate surface area is 145 Å². The Bertz CT molecular complexity index is 586. The molecule has 1 heterocycles. The van der Waals surface area contributed by atoms with Crippen molar-refractivity contribution < 1.29 is 9.53 Å². The lowest BCUT2D eigenvalue weighted by Gasteiger charge is -2.50. The molecular formula is C19H31N3O2. The number of benzene rings is 1. The molecule has 0 radical (unpaired) electrons. The summed E-state index contributed by atoms with van der Waals surface area (Å²) >= 11 is 0. The third-order valence-electron chi connectivity index (χ3n) is 5.07. The molecule has 0 fully saturated rings. The summed E-state index contributed by atoms with van der Waals surface area (Å²) in [5.41, 5.74) is 4.58. The minimum Gasteiger partial charge on any atom is -0.497 e. The molecule has 0 saturated carbocycles. The van der Waals surface area contributed by atoms with Crippen LogP contribution < -0.4 is 20.9 Å². The molecule has 1 aliphatic rings. The Hall–Kier alpha value is -1.75. The molecule has 0 aliphatic carbocycles. The number of rotatable bonds is 6. The zero-order valence-corrected chi connectivity index (χ0v) is 15.6. The fraction of sp³-hybridized carbons (Fsp3) is 0.632. The van der Waals surface area contributed by atoms with E-state index in [-0.39, 0.29) is 17.5 Å². The van der Waals surface area contributed by atoms with E-state index < -0.39 is 0 Å². The molecule has 3 N–H and O–H groups in total. The van der Waals surface area contributed by atoms with Crippen LogP contribution in [0.5, 0.6) is 5.75 Å². The number of hydrogen-bond acceptors (Lipinski definition) is 4. The van der Waals surface area contributed by atoms with Crippen LogP contribution in [0.2, 0.25) is 0 Å². The summed E-state index contributed by atoms with van der Waals surface area (Å²) in [7, 11) is 1.67. The highest BCUT2D eigenvalue weighted by molar-refractivity contribution is 5.86. The van der Waals surface area contributed by atoms with Gasteiger partial charge in [-0.05, 0) is 44.2 Å². The van der Waals surface area contributed by atoms with Gasteiger partial charge in [-0.1, -0.05) is 32.8 Å². The van der Waals surface area contributed by atoms with Crippen LogP contribution in [0.1, 0.15) is 64.9 Å². The first-order valence-corrected chi connectivity index (χ1v) is 8.83. The Balaban J connectivity index is 2.55. The number of fused-ring (bicyclic) bond motifs is 1. The number of carbonyl (C=O) groups is 1. The molecule has 5 nitrogen and oxygen atoms in total. The molecule has 0 unspecified atom stereocenters. The van der Waals surface area contributed by atoms with Crippen LogP contribution in [0, 0.1) is 0 Å². The Kier molecular flexibility index (Phi) is 5.75. The normalized spacial score (nSPS) is 20.2. The van der Waals surface area contributed by atoms with Crippen LogP contribution in [0.25, 0.3) is 0 Å². The molecule has 1 aromatic carbocycles. The first-order chi connectivity index (χ1) is 11.4. The van der Waals surface area contributed by atoms with Gasteiger partial charge >= 0.3 is 0 Å². The predicted octanol–water partition coefficient (Wildman–Crippen LogP) is 3.34.